The van der Waals surface area contributed by atoms with Crippen LogP contribution in [0.25, 0.3) is 0 Å². The molecule has 142 valence electrons. The molecule has 0 radical (unpaired) electrons. The van der Waals surface area contributed by atoms with Crippen LogP contribution in [0.3, 0.4) is 0 Å². The Kier molecular flexibility index (Phi) is 8.34. The van der Waals surface area contributed by atoms with Crippen molar-refractivity contribution in [3.05, 3.63) is 51.5 Å². The fourth-order valence-electron chi connectivity index (χ4n) is 3.04. The summed E-state index contributed by atoms with van der Waals surface area (Å²) >= 11 is 1.79. The minimum atomic E-state index is 0. The summed E-state index contributed by atoms with van der Waals surface area (Å²) in [6.45, 7) is 8.96. The summed E-state index contributed by atoms with van der Waals surface area (Å²) in [7, 11) is 0. The maximum atomic E-state index is 4.78. The maximum absolute atomic E-state index is 4.78. The van der Waals surface area contributed by atoms with Gasteiger partial charge in [0.1, 0.15) is 0 Å². The Morgan fingerprint density at radius 1 is 1.23 bits per heavy atom. The van der Waals surface area contributed by atoms with E-state index in [2.05, 4.69) is 66.7 Å². The molecule has 2 aromatic rings. The lowest BCUT2D eigenvalue weighted by molar-refractivity contribution is 0.763. The van der Waals surface area contributed by atoms with Gasteiger partial charge in [0.15, 0.2) is 5.96 Å². The average molecular weight is 484 g/mol. The standard InChI is InChI=1S/C20H28N4S.HI/c1-4-21-20(22-11-10-19-24-14(2)15(3)25-19)23-13-17-12-18(17)16-8-6-5-7-9-16;/h5-9,17-18H,4,10-13H2,1-3H3,(H2,21,22,23);1H. The molecule has 0 amide bonds. The van der Waals surface area contributed by atoms with Crippen molar-refractivity contribution in [1.82, 2.24) is 15.6 Å². The van der Waals surface area contributed by atoms with Crippen LogP contribution in [0.5, 0.6) is 0 Å². The van der Waals surface area contributed by atoms with Gasteiger partial charge < -0.3 is 10.6 Å². The van der Waals surface area contributed by atoms with Gasteiger partial charge in [-0.05, 0) is 44.6 Å². The molecule has 2 N–H and O–H groups in total. The first-order valence-corrected chi connectivity index (χ1v) is 9.99. The molecule has 1 aliphatic rings. The van der Waals surface area contributed by atoms with E-state index in [0.29, 0.717) is 11.8 Å². The lowest BCUT2D eigenvalue weighted by Crippen LogP contribution is -2.38. The van der Waals surface area contributed by atoms with E-state index in [1.54, 1.807) is 11.3 Å². The van der Waals surface area contributed by atoms with Crippen LogP contribution >= 0.6 is 35.3 Å². The lowest BCUT2D eigenvalue weighted by Gasteiger charge is -2.10. The summed E-state index contributed by atoms with van der Waals surface area (Å²) in [6, 6.07) is 10.8. The van der Waals surface area contributed by atoms with Crippen molar-refractivity contribution in [2.24, 2.45) is 10.9 Å². The molecule has 2 unspecified atom stereocenters. The number of hydrogen-bond acceptors (Lipinski definition) is 3. The highest BCUT2D eigenvalue weighted by Gasteiger charge is 2.37. The van der Waals surface area contributed by atoms with Crippen LogP contribution in [0, 0.1) is 19.8 Å². The largest absolute Gasteiger partial charge is 0.357 e. The molecule has 4 nitrogen and oxygen atoms in total. The maximum Gasteiger partial charge on any atom is 0.191 e. The minimum absolute atomic E-state index is 0. The van der Waals surface area contributed by atoms with Crippen molar-refractivity contribution < 1.29 is 0 Å². The predicted molar refractivity (Wildman–Crippen MR) is 122 cm³/mol. The zero-order chi connectivity index (χ0) is 17.6. The van der Waals surface area contributed by atoms with Crippen LogP contribution in [0.2, 0.25) is 0 Å². The van der Waals surface area contributed by atoms with Crippen LogP contribution in [-0.4, -0.2) is 30.6 Å². The molecule has 1 aromatic heterocycles. The van der Waals surface area contributed by atoms with Crippen LogP contribution in [-0.2, 0) is 6.42 Å². The van der Waals surface area contributed by atoms with Crippen molar-refractivity contribution in [2.45, 2.75) is 39.5 Å². The summed E-state index contributed by atoms with van der Waals surface area (Å²) in [5.41, 5.74) is 2.61. The third kappa shape index (κ3) is 5.94. The second-order valence-electron chi connectivity index (χ2n) is 6.66. The smallest absolute Gasteiger partial charge is 0.191 e. The molecule has 1 fully saturated rings. The molecule has 0 saturated heterocycles. The predicted octanol–water partition coefficient (Wildman–Crippen LogP) is 4.28. The van der Waals surface area contributed by atoms with Gasteiger partial charge in [-0.3, -0.25) is 4.99 Å². The molecule has 3 rings (SSSR count). The Balaban J connectivity index is 0.00000243. The highest BCUT2D eigenvalue weighted by atomic mass is 127. The highest BCUT2D eigenvalue weighted by Crippen LogP contribution is 2.47. The van der Waals surface area contributed by atoms with E-state index >= 15 is 0 Å². The van der Waals surface area contributed by atoms with Crippen molar-refractivity contribution >= 4 is 41.3 Å². The number of guanidine groups is 1. The van der Waals surface area contributed by atoms with Crippen LogP contribution < -0.4 is 10.6 Å². The summed E-state index contributed by atoms with van der Waals surface area (Å²) in [4.78, 5) is 10.7. The van der Waals surface area contributed by atoms with Gasteiger partial charge in [0.05, 0.1) is 10.7 Å². The molecule has 0 bridgehead atoms. The molecule has 26 heavy (non-hydrogen) atoms. The number of thiazole rings is 1. The van der Waals surface area contributed by atoms with E-state index in [-0.39, 0.29) is 24.0 Å². The van der Waals surface area contributed by atoms with Crippen molar-refractivity contribution in [3.63, 3.8) is 0 Å². The molecule has 0 spiro atoms. The SMILES string of the molecule is CCNC(=NCC1CC1c1ccccc1)NCCc1nc(C)c(C)s1.I. The second-order valence-corrected chi connectivity index (χ2v) is 7.95. The van der Waals surface area contributed by atoms with Gasteiger partial charge >= 0.3 is 0 Å². The zero-order valence-corrected chi connectivity index (χ0v) is 18.9. The molecule has 1 heterocycles. The fourth-order valence-corrected chi connectivity index (χ4v) is 3.98. The number of aryl methyl sites for hydroxylation is 2. The Bertz CT molecular complexity index is 694. The first-order chi connectivity index (χ1) is 12.2. The number of nitrogens with one attached hydrogen (secondary N) is 2. The number of benzene rings is 1. The molecule has 1 aromatic carbocycles. The molecule has 1 saturated carbocycles. The summed E-state index contributed by atoms with van der Waals surface area (Å²) in [6.07, 6.45) is 2.20. The van der Waals surface area contributed by atoms with Gasteiger partial charge in [-0.1, -0.05) is 30.3 Å². The molecule has 1 aliphatic carbocycles. The van der Waals surface area contributed by atoms with Crippen molar-refractivity contribution in [2.75, 3.05) is 19.6 Å². The summed E-state index contributed by atoms with van der Waals surface area (Å²) in [5, 5.41) is 7.99. The third-order valence-electron chi connectivity index (χ3n) is 4.68. The van der Waals surface area contributed by atoms with Gasteiger partial charge in [0, 0.05) is 30.9 Å². The van der Waals surface area contributed by atoms with Gasteiger partial charge in [0.25, 0.3) is 0 Å². The lowest BCUT2D eigenvalue weighted by atomic mass is 10.1. The number of halogens is 1. The Labute approximate surface area is 177 Å². The Morgan fingerprint density at radius 2 is 2.00 bits per heavy atom. The second kappa shape index (κ2) is 10.3. The molecular weight excluding hydrogens is 455 g/mol. The van der Waals surface area contributed by atoms with Crippen molar-refractivity contribution in [3.8, 4) is 0 Å². The first-order valence-electron chi connectivity index (χ1n) is 9.17. The average Bonchev–Trinajstić information content (AvgIpc) is 3.32. The Morgan fingerprint density at radius 3 is 2.65 bits per heavy atom. The van der Waals surface area contributed by atoms with E-state index in [4.69, 9.17) is 4.99 Å². The molecular formula is C20H29IN4S. The molecule has 2 atom stereocenters. The van der Waals surface area contributed by atoms with E-state index in [9.17, 15) is 0 Å². The zero-order valence-electron chi connectivity index (χ0n) is 15.8. The normalized spacial score (nSPS) is 19.0. The van der Waals surface area contributed by atoms with Gasteiger partial charge in [-0.2, -0.15) is 0 Å². The number of hydrogen-bond donors (Lipinski definition) is 2. The first kappa shape index (κ1) is 21.2. The van der Waals surface area contributed by atoms with E-state index < -0.39 is 0 Å². The number of aromatic nitrogens is 1. The van der Waals surface area contributed by atoms with Gasteiger partial charge in [0.2, 0.25) is 0 Å². The number of nitrogens with zero attached hydrogens (tertiary/aromatic N) is 2. The summed E-state index contributed by atoms with van der Waals surface area (Å²) < 4.78 is 0. The highest BCUT2D eigenvalue weighted by molar-refractivity contribution is 14.0. The van der Waals surface area contributed by atoms with Gasteiger partial charge in [-0.15, -0.1) is 35.3 Å². The monoisotopic (exact) mass is 484 g/mol. The summed E-state index contributed by atoms with van der Waals surface area (Å²) in [5.74, 6) is 2.29. The van der Waals surface area contributed by atoms with E-state index in [0.717, 1.165) is 37.7 Å². The quantitative estimate of drug-likeness (QED) is 0.351. The molecule has 0 aliphatic heterocycles. The number of rotatable bonds is 7. The third-order valence-corrected chi connectivity index (χ3v) is 5.82. The van der Waals surface area contributed by atoms with Crippen LogP contribution in [0.1, 0.15) is 40.4 Å². The molecule has 6 heteroatoms. The Hall–Kier alpha value is -1.15. The topological polar surface area (TPSA) is 49.3 Å². The van der Waals surface area contributed by atoms with Crippen LogP contribution in [0.15, 0.2) is 35.3 Å². The van der Waals surface area contributed by atoms with Crippen molar-refractivity contribution in [1.29, 1.82) is 0 Å². The van der Waals surface area contributed by atoms with Gasteiger partial charge in [-0.25, -0.2) is 4.98 Å². The fraction of sp³-hybridized carbons (Fsp3) is 0.500. The van der Waals surface area contributed by atoms with Crippen LogP contribution in [0.4, 0.5) is 0 Å². The minimum Gasteiger partial charge on any atom is -0.357 e. The number of aliphatic imine (C=N–C) groups is 1. The van der Waals surface area contributed by atoms with E-state index in [1.807, 2.05) is 0 Å². The van der Waals surface area contributed by atoms with E-state index in [1.165, 1.54) is 21.9 Å².